The van der Waals surface area contributed by atoms with Crippen molar-refractivity contribution in [3.05, 3.63) is 89.9 Å². The number of hydrogen-bond donors (Lipinski definition) is 0. The van der Waals surface area contributed by atoms with Gasteiger partial charge in [0, 0.05) is 6.20 Å². The molecule has 148 valence electrons. The molecule has 0 N–H and O–H groups in total. The van der Waals surface area contributed by atoms with Gasteiger partial charge in [0.05, 0.1) is 12.2 Å². The van der Waals surface area contributed by atoms with Crippen LogP contribution in [0.4, 0.5) is 14.5 Å². The third kappa shape index (κ3) is 3.68. The minimum atomic E-state index is -4.05. The van der Waals surface area contributed by atoms with Gasteiger partial charge in [-0.1, -0.05) is 12.1 Å². The molecule has 2 heterocycles. The van der Waals surface area contributed by atoms with Crippen molar-refractivity contribution in [2.24, 2.45) is 0 Å². The second-order valence-electron chi connectivity index (χ2n) is 6.46. The lowest BCUT2D eigenvalue weighted by Crippen LogP contribution is -2.30. The summed E-state index contributed by atoms with van der Waals surface area (Å²) >= 11 is 0. The fourth-order valence-electron chi connectivity index (χ4n) is 2.99. The number of benzene rings is 2. The number of hydrogen-bond acceptors (Lipinski definition) is 4. The summed E-state index contributed by atoms with van der Waals surface area (Å²) in [6.07, 6.45) is 1.43. The molecular formula is C20H16F2N4O2S. The smallest absolute Gasteiger partial charge is 0.266 e. The lowest BCUT2D eigenvalue weighted by Gasteiger charge is -2.25. The van der Waals surface area contributed by atoms with Gasteiger partial charge in [-0.3, -0.25) is 8.71 Å². The highest BCUT2D eigenvalue weighted by atomic mass is 32.2. The first kappa shape index (κ1) is 19.0. The molecule has 0 bridgehead atoms. The minimum absolute atomic E-state index is 0.00799. The van der Waals surface area contributed by atoms with Crippen LogP contribution in [0.25, 0.3) is 5.65 Å². The Bertz CT molecular complexity index is 1290. The molecule has 0 amide bonds. The summed E-state index contributed by atoms with van der Waals surface area (Å²) in [5, 5.41) is 7.88. The Morgan fingerprint density at radius 3 is 2.45 bits per heavy atom. The molecule has 0 saturated carbocycles. The molecule has 0 saturated heterocycles. The summed E-state index contributed by atoms with van der Waals surface area (Å²) in [7, 11) is -4.05. The van der Waals surface area contributed by atoms with E-state index in [4.69, 9.17) is 0 Å². The highest BCUT2D eigenvalue weighted by molar-refractivity contribution is 7.92. The van der Waals surface area contributed by atoms with Crippen molar-refractivity contribution in [1.82, 2.24) is 14.6 Å². The molecule has 0 atom stereocenters. The number of rotatable bonds is 5. The van der Waals surface area contributed by atoms with Crippen LogP contribution in [0.2, 0.25) is 0 Å². The van der Waals surface area contributed by atoms with Gasteiger partial charge in [0.15, 0.2) is 5.65 Å². The number of aryl methyl sites for hydroxylation is 1. The van der Waals surface area contributed by atoms with Crippen LogP contribution in [0.3, 0.4) is 0 Å². The fourth-order valence-corrected chi connectivity index (χ4v) is 4.44. The van der Waals surface area contributed by atoms with E-state index in [0.29, 0.717) is 17.0 Å². The van der Waals surface area contributed by atoms with Gasteiger partial charge in [0.25, 0.3) is 10.0 Å². The van der Waals surface area contributed by atoms with Crippen molar-refractivity contribution >= 4 is 21.4 Å². The largest absolute Gasteiger partial charge is 0.285 e. The zero-order valence-electron chi connectivity index (χ0n) is 15.3. The Balaban J connectivity index is 1.83. The monoisotopic (exact) mass is 414 g/mol. The molecule has 2 aromatic heterocycles. The molecule has 6 nitrogen and oxygen atoms in total. The van der Waals surface area contributed by atoms with E-state index in [1.807, 2.05) is 0 Å². The Labute approximate surface area is 166 Å². The number of anilines is 1. The normalized spacial score (nSPS) is 11.7. The second-order valence-corrected chi connectivity index (χ2v) is 8.32. The van der Waals surface area contributed by atoms with E-state index in [0.717, 1.165) is 4.31 Å². The van der Waals surface area contributed by atoms with Crippen LogP contribution in [0.15, 0.2) is 71.8 Å². The highest BCUT2D eigenvalue weighted by Gasteiger charge is 2.26. The molecule has 0 unspecified atom stereocenters. The molecule has 4 aromatic rings. The zero-order chi connectivity index (χ0) is 20.6. The van der Waals surface area contributed by atoms with Crippen molar-refractivity contribution in [2.45, 2.75) is 18.4 Å². The summed E-state index contributed by atoms with van der Waals surface area (Å²) in [5.41, 5.74) is 1.23. The summed E-state index contributed by atoms with van der Waals surface area (Å²) in [5.74, 6) is -0.422. The van der Waals surface area contributed by atoms with Crippen molar-refractivity contribution < 1.29 is 17.2 Å². The maximum absolute atomic E-state index is 13.6. The quantitative estimate of drug-likeness (QED) is 0.499. The van der Waals surface area contributed by atoms with Gasteiger partial charge in [-0.25, -0.2) is 17.2 Å². The van der Waals surface area contributed by atoms with Crippen LogP contribution in [0, 0.1) is 18.6 Å². The van der Waals surface area contributed by atoms with Gasteiger partial charge >= 0.3 is 0 Å². The van der Waals surface area contributed by atoms with E-state index in [-0.39, 0.29) is 17.1 Å². The Morgan fingerprint density at radius 2 is 1.72 bits per heavy atom. The van der Waals surface area contributed by atoms with E-state index in [2.05, 4.69) is 10.2 Å². The third-order valence-electron chi connectivity index (χ3n) is 4.46. The van der Waals surface area contributed by atoms with Crippen LogP contribution in [-0.4, -0.2) is 23.0 Å². The summed E-state index contributed by atoms with van der Waals surface area (Å²) < 4.78 is 56.7. The van der Waals surface area contributed by atoms with Crippen LogP contribution in [0.5, 0.6) is 0 Å². The predicted octanol–water partition coefficient (Wildman–Crippen LogP) is 3.71. The van der Waals surface area contributed by atoms with Crippen LogP contribution >= 0.6 is 0 Å². The lowest BCUT2D eigenvalue weighted by atomic mass is 10.2. The Morgan fingerprint density at radius 1 is 0.966 bits per heavy atom. The fraction of sp³-hybridized carbons (Fsp3) is 0.100. The summed E-state index contributed by atoms with van der Waals surface area (Å²) in [6, 6.07) is 13.8. The van der Waals surface area contributed by atoms with Crippen molar-refractivity contribution in [3.8, 4) is 0 Å². The Kier molecular flexibility index (Phi) is 4.75. The van der Waals surface area contributed by atoms with Crippen molar-refractivity contribution in [3.63, 3.8) is 0 Å². The van der Waals surface area contributed by atoms with Gasteiger partial charge < -0.3 is 0 Å². The van der Waals surface area contributed by atoms with Gasteiger partial charge in [-0.05, 0) is 61.0 Å². The number of halogens is 2. The molecule has 0 aliphatic carbocycles. The van der Waals surface area contributed by atoms with E-state index in [1.54, 1.807) is 23.5 Å². The van der Waals surface area contributed by atoms with E-state index < -0.39 is 21.7 Å². The minimum Gasteiger partial charge on any atom is -0.285 e. The third-order valence-corrected chi connectivity index (χ3v) is 6.22. The SMILES string of the molecule is Cc1nnc2ccc(S(=O)(=O)N(Cc3cccc(F)c3)c3ccc(F)cc3)cn12. The molecule has 0 aliphatic rings. The van der Waals surface area contributed by atoms with Gasteiger partial charge in [0.2, 0.25) is 0 Å². The van der Waals surface area contributed by atoms with Gasteiger partial charge in [0.1, 0.15) is 22.4 Å². The Hall–Kier alpha value is -3.33. The van der Waals surface area contributed by atoms with E-state index in [9.17, 15) is 17.2 Å². The highest BCUT2D eigenvalue weighted by Crippen LogP contribution is 2.27. The molecule has 0 spiro atoms. The molecule has 4 rings (SSSR count). The predicted molar refractivity (Wildman–Crippen MR) is 104 cm³/mol. The molecular weight excluding hydrogens is 398 g/mol. The average molecular weight is 414 g/mol. The molecule has 0 aliphatic heterocycles. The lowest BCUT2D eigenvalue weighted by molar-refractivity contribution is 0.588. The standard InChI is InChI=1S/C20H16F2N4O2S/c1-14-23-24-20-10-9-19(13-25(14)20)29(27,28)26(18-7-5-16(21)6-8-18)12-15-3-2-4-17(22)11-15/h2-11,13H,12H2,1H3. The average Bonchev–Trinajstić information content (AvgIpc) is 3.07. The molecule has 9 heteroatoms. The van der Waals surface area contributed by atoms with Crippen LogP contribution < -0.4 is 4.31 Å². The molecule has 0 radical (unpaired) electrons. The molecule has 0 fully saturated rings. The molecule has 29 heavy (non-hydrogen) atoms. The first-order valence-electron chi connectivity index (χ1n) is 8.69. The number of aromatic nitrogens is 3. The zero-order valence-corrected chi connectivity index (χ0v) is 16.1. The first-order valence-corrected chi connectivity index (χ1v) is 10.1. The van der Waals surface area contributed by atoms with Crippen molar-refractivity contribution in [1.29, 1.82) is 0 Å². The maximum atomic E-state index is 13.6. The first-order chi connectivity index (χ1) is 13.8. The second kappa shape index (κ2) is 7.25. The van der Waals surface area contributed by atoms with Crippen molar-refractivity contribution in [2.75, 3.05) is 4.31 Å². The van der Waals surface area contributed by atoms with Crippen LogP contribution in [0.1, 0.15) is 11.4 Å². The summed E-state index contributed by atoms with van der Waals surface area (Å²) in [4.78, 5) is 0.00799. The van der Waals surface area contributed by atoms with E-state index in [1.165, 1.54) is 54.7 Å². The molecule has 2 aromatic carbocycles. The maximum Gasteiger partial charge on any atom is 0.266 e. The number of sulfonamides is 1. The number of pyridine rings is 1. The number of fused-ring (bicyclic) bond motifs is 1. The number of nitrogens with zero attached hydrogens (tertiary/aromatic N) is 4. The van der Waals surface area contributed by atoms with Crippen LogP contribution in [-0.2, 0) is 16.6 Å². The van der Waals surface area contributed by atoms with E-state index >= 15 is 0 Å². The van der Waals surface area contributed by atoms with Gasteiger partial charge in [-0.2, -0.15) is 0 Å². The summed E-state index contributed by atoms with van der Waals surface area (Å²) in [6.45, 7) is 1.59. The van der Waals surface area contributed by atoms with Gasteiger partial charge in [-0.15, -0.1) is 10.2 Å². The topological polar surface area (TPSA) is 67.6 Å².